The zero-order valence-electron chi connectivity index (χ0n) is 14.5. The molecule has 0 spiro atoms. The summed E-state index contributed by atoms with van der Waals surface area (Å²) >= 11 is 0. The average Bonchev–Trinajstić information content (AvgIpc) is 2.46. The molecule has 0 aromatic rings. The first-order valence-electron chi connectivity index (χ1n) is 8.32. The van der Waals surface area contributed by atoms with Gasteiger partial charge in [0.15, 0.2) is 0 Å². The van der Waals surface area contributed by atoms with Crippen molar-refractivity contribution >= 4 is 0 Å². The molecule has 1 saturated carbocycles. The Hall–Kier alpha value is -0.120. The van der Waals surface area contributed by atoms with E-state index in [0.29, 0.717) is 17.5 Å². The van der Waals surface area contributed by atoms with Crippen LogP contribution in [-0.4, -0.2) is 51.3 Å². The van der Waals surface area contributed by atoms with E-state index in [1.807, 2.05) is 0 Å². The van der Waals surface area contributed by atoms with Gasteiger partial charge in [0.2, 0.25) is 0 Å². The monoisotopic (exact) mass is 284 g/mol. The number of rotatable bonds is 8. The summed E-state index contributed by atoms with van der Waals surface area (Å²) < 4.78 is 5.18. The second-order valence-electron chi connectivity index (χ2n) is 7.14. The van der Waals surface area contributed by atoms with Crippen LogP contribution in [0.25, 0.3) is 0 Å². The zero-order chi connectivity index (χ0) is 15.2. The Labute approximate surface area is 126 Å². The molecule has 1 aliphatic rings. The van der Waals surface area contributed by atoms with E-state index in [2.05, 4.69) is 45.1 Å². The summed E-state index contributed by atoms with van der Waals surface area (Å²) in [6, 6.07) is 1.31. The number of hydrogen-bond donors (Lipinski definition) is 1. The number of methoxy groups -OCH3 is 1. The molecular formula is C17H36N2O. The molecule has 0 amide bonds. The summed E-state index contributed by atoms with van der Waals surface area (Å²) in [6.07, 6.45) is 6.41. The molecule has 3 atom stereocenters. The van der Waals surface area contributed by atoms with Crippen molar-refractivity contribution in [3.63, 3.8) is 0 Å². The van der Waals surface area contributed by atoms with Crippen molar-refractivity contribution in [1.82, 2.24) is 10.2 Å². The van der Waals surface area contributed by atoms with Crippen LogP contribution in [0.2, 0.25) is 0 Å². The fraction of sp³-hybridized carbons (Fsp3) is 1.00. The minimum atomic E-state index is 0.477. The first-order chi connectivity index (χ1) is 9.46. The molecule has 0 heterocycles. The zero-order valence-corrected chi connectivity index (χ0v) is 14.5. The molecule has 1 N–H and O–H groups in total. The van der Waals surface area contributed by atoms with Gasteiger partial charge < -0.3 is 15.0 Å². The predicted octanol–water partition coefficient (Wildman–Crippen LogP) is 3.15. The molecule has 0 aliphatic heterocycles. The average molecular weight is 284 g/mol. The quantitative estimate of drug-likeness (QED) is 0.693. The van der Waals surface area contributed by atoms with Gasteiger partial charge in [-0.15, -0.1) is 0 Å². The summed E-state index contributed by atoms with van der Waals surface area (Å²) in [5, 5.41) is 3.54. The summed E-state index contributed by atoms with van der Waals surface area (Å²) in [7, 11) is 6.19. The molecule has 0 radical (unpaired) electrons. The summed E-state index contributed by atoms with van der Waals surface area (Å²) in [4.78, 5) is 2.55. The lowest BCUT2D eigenvalue weighted by molar-refractivity contribution is 0.0600. The Kier molecular flexibility index (Phi) is 7.49. The van der Waals surface area contributed by atoms with Crippen LogP contribution >= 0.6 is 0 Å². The lowest BCUT2D eigenvalue weighted by Gasteiger charge is -2.46. The number of likely N-dealkylation sites (N-methyl/N-ethyl adjacent to an activating group) is 2. The molecule has 3 nitrogen and oxygen atoms in total. The van der Waals surface area contributed by atoms with E-state index in [1.54, 1.807) is 7.11 Å². The third kappa shape index (κ3) is 4.71. The maximum Gasteiger partial charge on any atom is 0.0474 e. The fourth-order valence-corrected chi connectivity index (χ4v) is 3.59. The molecule has 0 aromatic carbocycles. The Balaban J connectivity index is 2.63. The topological polar surface area (TPSA) is 24.5 Å². The fourth-order valence-electron chi connectivity index (χ4n) is 3.59. The summed E-state index contributed by atoms with van der Waals surface area (Å²) in [5.41, 5.74) is 0.477. The Morgan fingerprint density at radius 2 is 2.00 bits per heavy atom. The largest absolute Gasteiger partial charge is 0.385 e. The van der Waals surface area contributed by atoms with Crippen LogP contribution in [-0.2, 0) is 4.74 Å². The maximum absolute atomic E-state index is 5.18. The molecule has 1 fully saturated rings. The number of nitrogens with zero attached hydrogens (tertiary/aromatic N) is 1. The lowest BCUT2D eigenvalue weighted by Crippen LogP contribution is -2.52. The molecule has 0 saturated heterocycles. The van der Waals surface area contributed by atoms with Crippen LogP contribution in [0, 0.1) is 11.3 Å². The second-order valence-corrected chi connectivity index (χ2v) is 7.14. The van der Waals surface area contributed by atoms with E-state index in [-0.39, 0.29) is 0 Å². The van der Waals surface area contributed by atoms with Gasteiger partial charge in [0.05, 0.1) is 0 Å². The van der Waals surface area contributed by atoms with Gasteiger partial charge in [-0.1, -0.05) is 27.2 Å². The van der Waals surface area contributed by atoms with Gasteiger partial charge in [0.1, 0.15) is 0 Å². The molecule has 3 unspecified atom stereocenters. The summed E-state index contributed by atoms with van der Waals surface area (Å²) in [5.74, 6) is 0.854. The van der Waals surface area contributed by atoms with E-state index in [1.165, 1.54) is 25.7 Å². The second kappa shape index (κ2) is 8.35. The van der Waals surface area contributed by atoms with Crippen molar-refractivity contribution < 1.29 is 4.74 Å². The van der Waals surface area contributed by atoms with Crippen LogP contribution in [0.3, 0.4) is 0 Å². The smallest absolute Gasteiger partial charge is 0.0474 e. The van der Waals surface area contributed by atoms with Crippen molar-refractivity contribution in [3.05, 3.63) is 0 Å². The minimum absolute atomic E-state index is 0.477. The van der Waals surface area contributed by atoms with E-state index >= 15 is 0 Å². The Morgan fingerprint density at radius 1 is 1.30 bits per heavy atom. The molecule has 120 valence electrons. The van der Waals surface area contributed by atoms with E-state index in [0.717, 1.165) is 25.5 Å². The summed E-state index contributed by atoms with van der Waals surface area (Å²) in [6.45, 7) is 9.22. The van der Waals surface area contributed by atoms with Crippen molar-refractivity contribution in [1.29, 1.82) is 0 Å². The van der Waals surface area contributed by atoms with Gasteiger partial charge in [-0.2, -0.15) is 0 Å². The van der Waals surface area contributed by atoms with Crippen molar-refractivity contribution in [3.8, 4) is 0 Å². The lowest BCUT2D eigenvalue weighted by atomic mass is 9.67. The van der Waals surface area contributed by atoms with Gasteiger partial charge in [-0.25, -0.2) is 0 Å². The van der Waals surface area contributed by atoms with Crippen LogP contribution in [0.4, 0.5) is 0 Å². The highest BCUT2D eigenvalue weighted by molar-refractivity contribution is 4.93. The third-order valence-corrected chi connectivity index (χ3v) is 5.63. The van der Waals surface area contributed by atoms with Crippen molar-refractivity contribution in [2.45, 2.75) is 65.0 Å². The van der Waals surface area contributed by atoms with Gasteiger partial charge in [-0.3, -0.25) is 0 Å². The SMILES string of the molecule is CCC(C)(C)C1CCC(NC)C(N(C)CCCOC)C1. The van der Waals surface area contributed by atoms with E-state index in [4.69, 9.17) is 4.74 Å². The molecule has 0 aromatic heterocycles. The van der Waals surface area contributed by atoms with E-state index in [9.17, 15) is 0 Å². The highest BCUT2D eigenvalue weighted by Crippen LogP contribution is 2.41. The van der Waals surface area contributed by atoms with Crippen LogP contribution in [0.5, 0.6) is 0 Å². The molecule has 0 bridgehead atoms. The third-order valence-electron chi connectivity index (χ3n) is 5.63. The number of nitrogens with one attached hydrogen (secondary N) is 1. The number of hydrogen-bond acceptors (Lipinski definition) is 3. The first-order valence-corrected chi connectivity index (χ1v) is 8.32. The molecule has 20 heavy (non-hydrogen) atoms. The Bertz CT molecular complexity index is 268. The molecule has 3 heteroatoms. The number of ether oxygens (including phenoxy) is 1. The van der Waals surface area contributed by atoms with Crippen LogP contribution < -0.4 is 5.32 Å². The van der Waals surface area contributed by atoms with Crippen molar-refractivity contribution in [2.75, 3.05) is 34.4 Å². The van der Waals surface area contributed by atoms with Crippen LogP contribution in [0.15, 0.2) is 0 Å². The molecule has 1 rings (SSSR count). The highest BCUT2D eigenvalue weighted by Gasteiger charge is 2.38. The first kappa shape index (κ1) is 17.9. The predicted molar refractivity (Wildman–Crippen MR) is 87.2 cm³/mol. The maximum atomic E-state index is 5.18. The molecular weight excluding hydrogens is 248 g/mol. The van der Waals surface area contributed by atoms with Gasteiger partial charge >= 0.3 is 0 Å². The minimum Gasteiger partial charge on any atom is -0.385 e. The van der Waals surface area contributed by atoms with Crippen LogP contribution in [0.1, 0.15) is 52.9 Å². The normalized spacial score (nSPS) is 28.1. The van der Waals surface area contributed by atoms with Gasteiger partial charge in [0, 0.05) is 32.3 Å². The van der Waals surface area contributed by atoms with Gasteiger partial charge in [0.25, 0.3) is 0 Å². The molecule has 1 aliphatic carbocycles. The van der Waals surface area contributed by atoms with Gasteiger partial charge in [-0.05, 0) is 51.1 Å². The Morgan fingerprint density at radius 3 is 2.55 bits per heavy atom. The standard InChI is InChI=1S/C17H36N2O/c1-7-17(2,3)14-9-10-15(18-4)16(13-14)19(5)11-8-12-20-6/h14-16,18H,7-13H2,1-6H3. The van der Waals surface area contributed by atoms with E-state index < -0.39 is 0 Å². The van der Waals surface area contributed by atoms with Crippen molar-refractivity contribution in [2.24, 2.45) is 11.3 Å². The highest BCUT2D eigenvalue weighted by atomic mass is 16.5.